The quantitative estimate of drug-likeness (QED) is 0.0275. The Labute approximate surface area is 437 Å². The SMILES string of the molecule is CCC(C)(C)C(=O)NCCSc1c(F)c(F)c(S(=O)(=O)NS(=O)(=O)c2ccccc2C2=C3C=CC(Nc4c(C(C)C)cccc4C(C)C)C=C3Oc3cc(Nc4c(C(C)C)cccc4C(C)C)ccc32)c(F)c1F. The van der Waals surface area contributed by atoms with Crippen molar-refractivity contribution >= 4 is 60.4 Å². The van der Waals surface area contributed by atoms with E-state index in [4.69, 9.17) is 4.74 Å². The Balaban J connectivity index is 1.31. The molecule has 2 aliphatic rings. The van der Waals surface area contributed by atoms with Crippen molar-refractivity contribution in [2.75, 3.05) is 22.9 Å². The molecule has 1 aliphatic carbocycles. The lowest BCUT2D eigenvalue weighted by Gasteiger charge is -2.31. The summed E-state index contributed by atoms with van der Waals surface area (Å²) in [6.45, 7) is 22.0. The number of fused-ring (bicyclic) bond motifs is 2. The maximum Gasteiger partial charge on any atom is 0.259 e. The molecule has 74 heavy (non-hydrogen) atoms. The highest BCUT2D eigenvalue weighted by molar-refractivity contribution is 8.04. The van der Waals surface area contributed by atoms with Crippen LogP contribution in [0.3, 0.4) is 0 Å². The van der Waals surface area contributed by atoms with E-state index in [0.29, 0.717) is 52.1 Å². The molecule has 1 aliphatic heterocycles. The first-order valence-electron chi connectivity index (χ1n) is 24.7. The van der Waals surface area contributed by atoms with Crippen molar-refractivity contribution < 1.29 is 43.9 Å². The standard InChI is InChI=1S/C57H64F4N4O6S3/c1-12-57(10,11)56(66)62-27-28-72-54-48(58)50(60)55(51(61)49(54)59)74(69,70)65-73(67,68)46-22-14-13-17-43(46)47-41-25-23-35(63-52-37(31(2)3)18-15-19-38(52)32(4)5)29-44(41)71-45-30-36(24-26-42(45)47)64-53-39(33(6)7)20-16-21-40(53)34(8)9/h13-26,29-35,63-65H,12,27-28H2,1-11H3,(H,62,66). The predicted molar refractivity (Wildman–Crippen MR) is 288 cm³/mol. The fourth-order valence-corrected chi connectivity index (χ4v) is 13.0. The van der Waals surface area contributed by atoms with Crippen LogP contribution in [0.2, 0.25) is 0 Å². The summed E-state index contributed by atoms with van der Waals surface area (Å²) in [6, 6.07) is 22.8. The summed E-state index contributed by atoms with van der Waals surface area (Å²) < 4.78 is 128. The van der Waals surface area contributed by atoms with Gasteiger partial charge in [-0.1, -0.05) is 143 Å². The number of sulfonamides is 2. The summed E-state index contributed by atoms with van der Waals surface area (Å²) in [5.74, 6) is -7.92. The van der Waals surface area contributed by atoms with E-state index in [2.05, 4.69) is 95.6 Å². The van der Waals surface area contributed by atoms with Crippen molar-refractivity contribution in [2.24, 2.45) is 5.41 Å². The van der Waals surface area contributed by atoms with Crippen molar-refractivity contribution in [1.29, 1.82) is 0 Å². The van der Waals surface area contributed by atoms with Crippen molar-refractivity contribution in [2.45, 2.75) is 127 Å². The number of rotatable bonds is 19. The molecule has 4 N–H and O–H groups in total. The first-order valence-corrected chi connectivity index (χ1v) is 28.7. The van der Waals surface area contributed by atoms with Crippen LogP contribution in [-0.4, -0.2) is 41.1 Å². The number of anilines is 3. The number of hydrogen-bond donors (Lipinski definition) is 4. The van der Waals surface area contributed by atoms with Gasteiger partial charge in [0.1, 0.15) is 11.5 Å². The summed E-state index contributed by atoms with van der Waals surface area (Å²) in [5.41, 5.74) is 7.46. The fraction of sp³-hybridized carbons (Fsp3) is 0.351. The van der Waals surface area contributed by atoms with Gasteiger partial charge in [-0.15, -0.1) is 15.9 Å². The second-order valence-corrected chi connectivity index (χ2v) is 25.0. The van der Waals surface area contributed by atoms with Crippen LogP contribution in [0, 0.1) is 28.7 Å². The first-order chi connectivity index (χ1) is 34.8. The van der Waals surface area contributed by atoms with E-state index >= 15 is 17.6 Å². The van der Waals surface area contributed by atoms with Gasteiger partial charge in [0.2, 0.25) is 5.91 Å². The Bertz CT molecular complexity index is 3250. The lowest BCUT2D eigenvalue weighted by molar-refractivity contribution is -0.129. The van der Waals surface area contributed by atoms with E-state index in [-0.39, 0.29) is 47.4 Å². The molecule has 0 saturated heterocycles. The van der Waals surface area contributed by atoms with Gasteiger partial charge in [-0.2, -0.15) is 0 Å². The molecule has 1 unspecified atom stereocenters. The predicted octanol–water partition coefficient (Wildman–Crippen LogP) is 13.9. The lowest BCUT2D eigenvalue weighted by Crippen LogP contribution is -2.37. The van der Waals surface area contributed by atoms with Crippen molar-refractivity contribution in [1.82, 2.24) is 9.44 Å². The molecule has 1 amide bonds. The van der Waals surface area contributed by atoms with Gasteiger partial charge >= 0.3 is 0 Å². The number of para-hydroxylation sites is 2. The second kappa shape index (κ2) is 22.1. The van der Waals surface area contributed by atoms with Gasteiger partial charge in [0, 0.05) is 63.1 Å². The average molecular weight is 1070 g/mol. The number of carbonyl (C=O) groups excluding carboxylic acids is 1. The smallest absolute Gasteiger partial charge is 0.259 e. The highest BCUT2D eigenvalue weighted by Gasteiger charge is 2.38. The number of amides is 1. The van der Waals surface area contributed by atoms with Crippen molar-refractivity contribution in [3.8, 4) is 5.75 Å². The monoisotopic (exact) mass is 1070 g/mol. The normalized spacial score (nSPS) is 14.9. The number of carbonyl (C=O) groups is 1. The van der Waals surface area contributed by atoms with E-state index in [0.717, 1.165) is 39.7 Å². The number of benzene rings is 5. The van der Waals surface area contributed by atoms with Gasteiger partial charge in [0.25, 0.3) is 20.0 Å². The molecule has 17 heteroatoms. The Morgan fingerprint density at radius 2 is 1.26 bits per heavy atom. The number of allylic oxidation sites excluding steroid dienone is 1. The molecule has 7 rings (SSSR count). The van der Waals surface area contributed by atoms with E-state index in [1.807, 2.05) is 30.4 Å². The van der Waals surface area contributed by atoms with E-state index < -0.39 is 69.5 Å². The number of halogens is 4. The zero-order valence-corrected chi connectivity index (χ0v) is 45.9. The van der Waals surface area contributed by atoms with Gasteiger partial charge in [0.15, 0.2) is 28.2 Å². The van der Waals surface area contributed by atoms with Gasteiger partial charge in [-0.05, 0) is 76.6 Å². The number of hydrogen-bond acceptors (Lipinski definition) is 9. The van der Waals surface area contributed by atoms with E-state index in [1.165, 1.54) is 16.3 Å². The fourth-order valence-electron chi connectivity index (χ4n) is 8.95. The molecular weight excluding hydrogens is 1010 g/mol. The minimum Gasteiger partial charge on any atom is -0.456 e. The molecule has 1 heterocycles. The molecular formula is C57H64F4N4O6S3. The Morgan fingerprint density at radius 3 is 1.81 bits per heavy atom. The van der Waals surface area contributed by atoms with Crippen LogP contribution in [0.1, 0.15) is 140 Å². The largest absolute Gasteiger partial charge is 0.456 e. The molecule has 1 atom stereocenters. The van der Waals surface area contributed by atoms with Crippen LogP contribution in [-0.2, 0) is 24.8 Å². The van der Waals surface area contributed by atoms with Gasteiger partial charge < -0.3 is 20.7 Å². The van der Waals surface area contributed by atoms with Crippen LogP contribution in [0.5, 0.6) is 5.75 Å². The van der Waals surface area contributed by atoms with E-state index in [9.17, 15) is 21.6 Å². The van der Waals surface area contributed by atoms with Crippen LogP contribution in [0.15, 0.2) is 123 Å². The maximum absolute atomic E-state index is 15.8. The summed E-state index contributed by atoms with van der Waals surface area (Å²) >= 11 is 0.309. The third kappa shape index (κ3) is 11.4. The summed E-state index contributed by atoms with van der Waals surface area (Å²) in [4.78, 5) is 8.49. The first kappa shape index (κ1) is 55.9. The number of ether oxygens (including phenoxy) is 1. The van der Waals surface area contributed by atoms with Gasteiger partial charge in [-0.25, -0.2) is 34.4 Å². The number of nitrogens with one attached hydrogen (secondary N) is 4. The molecule has 0 radical (unpaired) electrons. The van der Waals surface area contributed by atoms with Crippen LogP contribution < -0.4 is 24.8 Å². The third-order valence-corrected chi connectivity index (χ3v) is 18.0. The Hall–Kier alpha value is -5.88. The molecule has 0 spiro atoms. The van der Waals surface area contributed by atoms with Crippen molar-refractivity contribution in [3.63, 3.8) is 0 Å². The van der Waals surface area contributed by atoms with Crippen LogP contribution in [0.4, 0.5) is 34.6 Å². The third-order valence-electron chi connectivity index (χ3n) is 13.4. The number of thioether (sulfide) groups is 1. The lowest BCUT2D eigenvalue weighted by atomic mass is 9.86. The second-order valence-electron chi connectivity index (χ2n) is 20.4. The molecule has 5 aromatic carbocycles. The zero-order valence-electron chi connectivity index (χ0n) is 43.4. The minimum absolute atomic E-state index is 0.0172. The molecule has 5 aromatic rings. The van der Waals surface area contributed by atoms with Crippen molar-refractivity contribution in [3.05, 3.63) is 165 Å². The van der Waals surface area contributed by atoms with Gasteiger partial charge in [-0.3, -0.25) is 4.79 Å². The van der Waals surface area contributed by atoms with Gasteiger partial charge in [0.05, 0.1) is 15.8 Å². The average Bonchev–Trinajstić information content (AvgIpc) is 3.34. The van der Waals surface area contributed by atoms with Crippen LogP contribution >= 0.6 is 11.8 Å². The Kier molecular flexibility index (Phi) is 16.7. The maximum atomic E-state index is 15.8. The highest BCUT2D eigenvalue weighted by Crippen LogP contribution is 2.47. The van der Waals surface area contributed by atoms with E-state index in [1.54, 1.807) is 45.0 Å². The highest BCUT2D eigenvalue weighted by atomic mass is 32.3. The molecule has 0 aromatic heterocycles. The summed E-state index contributed by atoms with van der Waals surface area (Å²) in [7, 11) is -11.3. The zero-order chi connectivity index (χ0) is 54.2. The molecule has 0 fully saturated rings. The molecule has 0 saturated carbocycles. The topological polar surface area (TPSA) is 143 Å². The van der Waals surface area contributed by atoms with Crippen LogP contribution in [0.25, 0.3) is 5.57 Å². The molecule has 10 nitrogen and oxygen atoms in total. The summed E-state index contributed by atoms with van der Waals surface area (Å²) in [6.07, 6.45) is 6.07. The molecule has 394 valence electrons. The minimum atomic E-state index is -5.90. The Morgan fingerprint density at radius 1 is 0.703 bits per heavy atom. The summed E-state index contributed by atoms with van der Waals surface area (Å²) in [5, 5.41) is 9.93. The molecule has 0 bridgehead atoms.